The van der Waals surface area contributed by atoms with Gasteiger partial charge < -0.3 is 18.9 Å². The summed E-state index contributed by atoms with van der Waals surface area (Å²) in [6.07, 6.45) is 2.52. The number of methoxy groups -OCH3 is 4. The van der Waals surface area contributed by atoms with Crippen LogP contribution in [0.4, 0.5) is 0 Å². The molecule has 4 rings (SSSR count). The Morgan fingerprint density at radius 2 is 1.68 bits per heavy atom. The van der Waals surface area contributed by atoms with Crippen LogP contribution in [-0.2, 0) is 12.8 Å². The zero-order chi connectivity index (χ0) is 20.0. The molecule has 2 aromatic carbocycles. The third kappa shape index (κ3) is 2.48. The van der Waals surface area contributed by atoms with Crippen LogP contribution in [0.2, 0.25) is 0 Å². The van der Waals surface area contributed by atoms with Gasteiger partial charge in [0.1, 0.15) is 0 Å². The van der Waals surface area contributed by atoms with Crippen LogP contribution in [0.3, 0.4) is 0 Å². The lowest BCUT2D eigenvalue weighted by Gasteiger charge is -2.41. The first-order chi connectivity index (χ1) is 13.6. The molecule has 148 valence electrons. The fraction of sp³-hybridized carbons (Fsp3) is 0.409. The second-order valence-electron chi connectivity index (χ2n) is 7.18. The molecule has 2 aromatic rings. The van der Waals surface area contributed by atoms with Crippen molar-refractivity contribution in [2.75, 3.05) is 42.0 Å². The molecule has 0 N–H and O–H groups in total. The molecule has 0 unspecified atom stereocenters. The van der Waals surface area contributed by atoms with E-state index in [2.05, 4.69) is 11.9 Å². The topological polar surface area (TPSA) is 57.2 Å². The average Bonchev–Trinajstić information content (AvgIpc) is 2.73. The van der Waals surface area contributed by atoms with Crippen molar-refractivity contribution in [1.29, 1.82) is 0 Å². The highest BCUT2D eigenvalue weighted by molar-refractivity contribution is 5.93. The SMILES string of the molecule is COc1cc2c(cc1OC)-c1c(OC)c(OC)c(C=O)c3c1[C@H](C2)N(C)CC3. The van der Waals surface area contributed by atoms with Gasteiger partial charge in [-0.2, -0.15) is 0 Å². The summed E-state index contributed by atoms with van der Waals surface area (Å²) in [4.78, 5) is 14.3. The van der Waals surface area contributed by atoms with Gasteiger partial charge in [-0.3, -0.25) is 9.69 Å². The zero-order valence-electron chi connectivity index (χ0n) is 16.9. The summed E-state index contributed by atoms with van der Waals surface area (Å²) in [5.41, 5.74) is 6.00. The quantitative estimate of drug-likeness (QED) is 0.739. The van der Waals surface area contributed by atoms with Gasteiger partial charge in [0.05, 0.1) is 34.0 Å². The van der Waals surface area contributed by atoms with Crippen LogP contribution in [0, 0.1) is 0 Å². The molecule has 28 heavy (non-hydrogen) atoms. The Bertz CT molecular complexity index is 953. The van der Waals surface area contributed by atoms with Crippen LogP contribution in [-0.4, -0.2) is 53.2 Å². The maximum absolute atomic E-state index is 12.0. The zero-order valence-corrected chi connectivity index (χ0v) is 16.9. The molecule has 0 spiro atoms. The number of nitrogens with zero attached hydrogens (tertiary/aromatic N) is 1. The lowest BCUT2D eigenvalue weighted by atomic mass is 9.75. The first kappa shape index (κ1) is 18.6. The minimum Gasteiger partial charge on any atom is -0.493 e. The summed E-state index contributed by atoms with van der Waals surface area (Å²) in [6, 6.07) is 4.21. The molecule has 0 amide bonds. The molecule has 0 bridgehead atoms. The van der Waals surface area contributed by atoms with Crippen molar-refractivity contribution in [3.05, 3.63) is 34.4 Å². The molecule has 1 aliphatic heterocycles. The molecule has 0 aromatic heterocycles. The number of ether oxygens (including phenoxy) is 4. The lowest BCUT2D eigenvalue weighted by Crippen LogP contribution is -2.36. The van der Waals surface area contributed by atoms with Gasteiger partial charge in [-0.25, -0.2) is 0 Å². The van der Waals surface area contributed by atoms with E-state index < -0.39 is 0 Å². The number of hydrogen-bond donors (Lipinski definition) is 0. The van der Waals surface area contributed by atoms with E-state index in [0.717, 1.165) is 53.5 Å². The second kappa shape index (κ2) is 7.02. The van der Waals surface area contributed by atoms with Crippen molar-refractivity contribution in [3.8, 4) is 34.1 Å². The minimum atomic E-state index is 0.169. The van der Waals surface area contributed by atoms with Crippen LogP contribution >= 0.6 is 0 Å². The maximum atomic E-state index is 12.0. The Hall–Kier alpha value is -2.73. The highest BCUT2D eigenvalue weighted by Crippen LogP contribution is 2.55. The maximum Gasteiger partial charge on any atom is 0.172 e. The van der Waals surface area contributed by atoms with Crippen LogP contribution in [0.5, 0.6) is 23.0 Å². The van der Waals surface area contributed by atoms with Crippen molar-refractivity contribution in [2.45, 2.75) is 18.9 Å². The van der Waals surface area contributed by atoms with Gasteiger partial charge in [-0.15, -0.1) is 0 Å². The summed E-state index contributed by atoms with van der Waals surface area (Å²) in [5, 5.41) is 0. The number of carbonyl (C=O) groups is 1. The van der Waals surface area contributed by atoms with Crippen molar-refractivity contribution >= 4 is 6.29 Å². The predicted molar refractivity (Wildman–Crippen MR) is 106 cm³/mol. The van der Waals surface area contributed by atoms with Crippen molar-refractivity contribution in [1.82, 2.24) is 4.90 Å². The number of fused-ring (bicyclic) bond motifs is 2. The number of benzene rings is 2. The predicted octanol–water partition coefficient (Wildman–Crippen LogP) is 3.29. The molecule has 0 saturated heterocycles. The highest BCUT2D eigenvalue weighted by Gasteiger charge is 2.39. The Labute approximate surface area is 165 Å². The summed E-state index contributed by atoms with van der Waals surface area (Å²) in [7, 11) is 8.60. The van der Waals surface area contributed by atoms with Crippen LogP contribution in [0.15, 0.2) is 12.1 Å². The first-order valence-corrected chi connectivity index (χ1v) is 9.30. The van der Waals surface area contributed by atoms with Crippen LogP contribution in [0.1, 0.15) is 33.1 Å². The summed E-state index contributed by atoms with van der Waals surface area (Å²) in [6.45, 7) is 0.885. The number of likely N-dealkylation sites (N-methyl/N-ethyl adjacent to an activating group) is 1. The van der Waals surface area contributed by atoms with E-state index in [1.54, 1.807) is 28.4 Å². The molecule has 0 radical (unpaired) electrons. The number of rotatable bonds is 5. The van der Waals surface area contributed by atoms with Gasteiger partial charge in [-0.1, -0.05) is 0 Å². The average molecular weight is 383 g/mol. The fourth-order valence-electron chi connectivity index (χ4n) is 4.67. The second-order valence-corrected chi connectivity index (χ2v) is 7.18. The molecule has 6 heteroatoms. The third-order valence-corrected chi connectivity index (χ3v) is 6.00. The summed E-state index contributed by atoms with van der Waals surface area (Å²) >= 11 is 0. The highest BCUT2D eigenvalue weighted by atomic mass is 16.5. The Kier molecular flexibility index (Phi) is 4.67. The van der Waals surface area contributed by atoms with E-state index in [9.17, 15) is 4.79 Å². The van der Waals surface area contributed by atoms with E-state index in [-0.39, 0.29) is 6.04 Å². The molecule has 0 saturated carbocycles. The smallest absolute Gasteiger partial charge is 0.172 e. The minimum absolute atomic E-state index is 0.169. The van der Waals surface area contributed by atoms with Crippen molar-refractivity contribution in [2.24, 2.45) is 0 Å². The monoisotopic (exact) mass is 383 g/mol. The molecule has 1 atom stereocenters. The molecule has 1 heterocycles. The Morgan fingerprint density at radius 1 is 1.00 bits per heavy atom. The van der Waals surface area contributed by atoms with Gasteiger partial charge in [0.15, 0.2) is 29.3 Å². The van der Waals surface area contributed by atoms with Crippen LogP contribution < -0.4 is 18.9 Å². The standard InChI is InChI=1S/C22H25NO5/c1-23-7-6-13-15(11-24)21(27-4)22(28-5)20-14-10-18(26-3)17(25-2)9-12(14)8-16(23)19(13)20/h9-11,16H,6-8H2,1-5H3/t16-/m0/s1. The van der Waals surface area contributed by atoms with Crippen molar-refractivity contribution < 1.29 is 23.7 Å². The Morgan fingerprint density at radius 3 is 2.29 bits per heavy atom. The number of carbonyl (C=O) groups excluding carboxylic acids is 1. The molecule has 2 aliphatic rings. The summed E-state index contributed by atoms with van der Waals surface area (Å²) < 4.78 is 22.5. The molecule has 6 nitrogen and oxygen atoms in total. The molecular weight excluding hydrogens is 358 g/mol. The van der Waals surface area contributed by atoms with E-state index in [1.165, 1.54) is 0 Å². The van der Waals surface area contributed by atoms with Gasteiger partial charge in [0, 0.05) is 18.2 Å². The van der Waals surface area contributed by atoms with E-state index in [0.29, 0.717) is 28.6 Å². The summed E-state index contributed by atoms with van der Waals surface area (Å²) in [5.74, 6) is 2.46. The van der Waals surface area contributed by atoms with Gasteiger partial charge in [0.2, 0.25) is 0 Å². The molecular formula is C22H25NO5. The number of aldehydes is 1. The molecule has 1 aliphatic carbocycles. The van der Waals surface area contributed by atoms with Gasteiger partial charge in [-0.05, 0) is 54.3 Å². The van der Waals surface area contributed by atoms with E-state index in [1.807, 2.05) is 12.1 Å². The normalized spacial score (nSPS) is 17.4. The van der Waals surface area contributed by atoms with Crippen LogP contribution in [0.25, 0.3) is 11.1 Å². The van der Waals surface area contributed by atoms with Crippen molar-refractivity contribution in [3.63, 3.8) is 0 Å². The largest absolute Gasteiger partial charge is 0.493 e. The lowest BCUT2D eigenvalue weighted by molar-refractivity contribution is 0.111. The first-order valence-electron chi connectivity index (χ1n) is 9.30. The molecule has 0 fully saturated rings. The van der Waals surface area contributed by atoms with E-state index >= 15 is 0 Å². The van der Waals surface area contributed by atoms with E-state index in [4.69, 9.17) is 18.9 Å². The fourth-order valence-corrected chi connectivity index (χ4v) is 4.67. The van der Waals surface area contributed by atoms with Gasteiger partial charge >= 0.3 is 0 Å². The third-order valence-electron chi connectivity index (χ3n) is 6.00. The van der Waals surface area contributed by atoms with Gasteiger partial charge in [0.25, 0.3) is 0 Å². The Balaban J connectivity index is 2.13. The number of hydrogen-bond acceptors (Lipinski definition) is 6.